The van der Waals surface area contributed by atoms with Gasteiger partial charge >= 0.3 is 20.4 Å². The zero-order valence-electron chi connectivity index (χ0n) is 12.3. The van der Waals surface area contributed by atoms with Crippen LogP contribution >= 0.6 is 0 Å². The molecule has 7 heteroatoms. The zero-order chi connectivity index (χ0) is 14.7. The van der Waals surface area contributed by atoms with Crippen molar-refractivity contribution in [2.24, 2.45) is 0 Å². The highest BCUT2D eigenvalue weighted by Gasteiger charge is 2.30. The molecule has 0 saturated heterocycles. The molecule has 0 bridgehead atoms. The molecular formula is C12H25NO5Si. The Hall–Kier alpha value is -0.923. The van der Waals surface area contributed by atoms with Gasteiger partial charge in [-0.2, -0.15) is 0 Å². The highest BCUT2D eigenvalue weighted by Crippen LogP contribution is 2.15. The van der Waals surface area contributed by atoms with Crippen molar-refractivity contribution in [3.05, 3.63) is 0 Å². The average molecular weight is 291 g/mol. The Bertz CT molecular complexity index is 279. The Balaban J connectivity index is 3.94. The summed E-state index contributed by atoms with van der Waals surface area (Å²) in [5.74, 6) is -1.53. The summed E-state index contributed by atoms with van der Waals surface area (Å²) in [4.78, 5) is 22.3. The van der Waals surface area contributed by atoms with Crippen LogP contribution in [0, 0.1) is 0 Å². The highest BCUT2D eigenvalue weighted by molar-refractivity contribution is 6.66. The van der Waals surface area contributed by atoms with Crippen molar-refractivity contribution in [2.75, 3.05) is 26.4 Å². The molecule has 112 valence electrons. The summed E-state index contributed by atoms with van der Waals surface area (Å²) in [7, 11) is -2.13. The number of ether oxygens (including phenoxy) is 1. The van der Waals surface area contributed by atoms with Crippen molar-refractivity contribution >= 4 is 20.4 Å². The van der Waals surface area contributed by atoms with Gasteiger partial charge in [0.1, 0.15) is 0 Å². The van der Waals surface area contributed by atoms with Crippen molar-refractivity contribution in [1.29, 1.82) is 0 Å². The maximum atomic E-state index is 11.3. The van der Waals surface area contributed by atoms with Crippen molar-refractivity contribution in [3.63, 3.8) is 0 Å². The average Bonchev–Trinajstić information content (AvgIpc) is 2.35. The van der Waals surface area contributed by atoms with Crippen LogP contribution in [-0.4, -0.2) is 46.8 Å². The molecule has 1 N–H and O–H groups in total. The third-order valence-corrected chi connectivity index (χ3v) is 5.51. The number of carbonyl (C=O) groups excluding carboxylic acids is 2. The van der Waals surface area contributed by atoms with E-state index in [4.69, 9.17) is 8.85 Å². The van der Waals surface area contributed by atoms with Gasteiger partial charge < -0.3 is 18.9 Å². The summed E-state index contributed by atoms with van der Waals surface area (Å²) in [6.07, 6.45) is 0.716. The predicted molar refractivity (Wildman–Crippen MR) is 73.9 cm³/mol. The Morgan fingerprint density at radius 3 is 2.11 bits per heavy atom. The molecule has 0 rings (SSSR count). The standard InChI is InChI=1S/C12H25NO5Si/c1-5-16-12(15)11(14)13-9-8-10-19(4,17-6-2)18-7-3/h5-10H2,1-4H3,(H,13,14). The summed E-state index contributed by atoms with van der Waals surface area (Å²) in [6, 6.07) is 0.776. The third-order valence-electron chi connectivity index (χ3n) is 2.45. The number of hydrogen-bond acceptors (Lipinski definition) is 5. The van der Waals surface area contributed by atoms with Gasteiger partial charge in [-0.1, -0.05) is 0 Å². The van der Waals surface area contributed by atoms with Gasteiger partial charge in [0, 0.05) is 19.8 Å². The number of carbonyl (C=O) groups is 2. The van der Waals surface area contributed by atoms with Gasteiger partial charge in [0.05, 0.1) is 6.61 Å². The van der Waals surface area contributed by atoms with Crippen LogP contribution in [0.5, 0.6) is 0 Å². The lowest BCUT2D eigenvalue weighted by Crippen LogP contribution is -2.40. The van der Waals surface area contributed by atoms with Crippen LogP contribution in [0.15, 0.2) is 0 Å². The monoisotopic (exact) mass is 291 g/mol. The van der Waals surface area contributed by atoms with Gasteiger partial charge in [-0.15, -0.1) is 0 Å². The Morgan fingerprint density at radius 2 is 1.63 bits per heavy atom. The molecule has 0 spiro atoms. The van der Waals surface area contributed by atoms with Gasteiger partial charge in [0.25, 0.3) is 0 Å². The quantitative estimate of drug-likeness (QED) is 0.299. The van der Waals surface area contributed by atoms with Crippen LogP contribution in [0.1, 0.15) is 27.2 Å². The second-order valence-electron chi connectivity index (χ2n) is 4.08. The van der Waals surface area contributed by atoms with Crippen LogP contribution < -0.4 is 5.32 Å². The number of amides is 1. The Morgan fingerprint density at radius 1 is 1.05 bits per heavy atom. The first kappa shape index (κ1) is 18.1. The first-order valence-electron chi connectivity index (χ1n) is 6.72. The van der Waals surface area contributed by atoms with Gasteiger partial charge in [-0.05, 0) is 39.8 Å². The van der Waals surface area contributed by atoms with Crippen molar-refractivity contribution in [3.8, 4) is 0 Å². The summed E-state index contributed by atoms with van der Waals surface area (Å²) in [5, 5.41) is 2.52. The van der Waals surface area contributed by atoms with E-state index in [9.17, 15) is 9.59 Å². The molecule has 0 radical (unpaired) electrons. The number of rotatable bonds is 9. The predicted octanol–water partition coefficient (Wildman–Crippen LogP) is 1.20. The molecule has 0 aromatic rings. The molecule has 0 fully saturated rings. The van der Waals surface area contributed by atoms with Crippen LogP contribution in [0.3, 0.4) is 0 Å². The molecule has 0 atom stereocenters. The molecule has 0 aliphatic rings. The minimum Gasteiger partial charge on any atom is -0.459 e. The minimum atomic E-state index is -2.13. The molecule has 0 aromatic heterocycles. The second kappa shape index (κ2) is 9.94. The van der Waals surface area contributed by atoms with Gasteiger partial charge in [-0.3, -0.25) is 4.79 Å². The smallest absolute Gasteiger partial charge is 0.396 e. The Kier molecular flexibility index (Phi) is 9.45. The highest BCUT2D eigenvalue weighted by atomic mass is 28.4. The van der Waals surface area contributed by atoms with Crippen molar-refractivity contribution < 1.29 is 23.2 Å². The lowest BCUT2D eigenvalue weighted by atomic mass is 10.4. The van der Waals surface area contributed by atoms with E-state index in [1.165, 1.54) is 0 Å². The van der Waals surface area contributed by atoms with Gasteiger partial charge in [0.2, 0.25) is 0 Å². The second-order valence-corrected chi connectivity index (χ2v) is 7.42. The molecule has 0 heterocycles. The minimum absolute atomic E-state index is 0.200. The maximum absolute atomic E-state index is 11.3. The van der Waals surface area contributed by atoms with Crippen LogP contribution in [0.25, 0.3) is 0 Å². The lowest BCUT2D eigenvalue weighted by molar-refractivity contribution is -0.154. The van der Waals surface area contributed by atoms with E-state index in [1.54, 1.807) is 6.92 Å². The molecule has 1 amide bonds. The van der Waals surface area contributed by atoms with Crippen LogP contribution in [-0.2, 0) is 23.2 Å². The van der Waals surface area contributed by atoms with Crippen molar-refractivity contribution in [1.82, 2.24) is 5.32 Å². The summed E-state index contributed by atoms with van der Waals surface area (Å²) >= 11 is 0. The number of esters is 1. The first-order chi connectivity index (χ1) is 8.99. The SMILES string of the molecule is CCOC(=O)C(=O)NCCC[Si](C)(OCC)OCC. The topological polar surface area (TPSA) is 73.9 Å². The molecule has 19 heavy (non-hydrogen) atoms. The van der Waals surface area contributed by atoms with E-state index in [1.807, 2.05) is 20.4 Å². The first-order valence-corrected chi connectivity index (χ1v) is 9.24. The summed E-state index contributed by atoms with van der Waals surface area (Å²) in [5.41, 5.74) is 0. The molecule has 6 nitrogen and oxygen atoms in total. The van der Waals surface area contributed by atoms with Gasteiger partial charge in [-0.25, -0.2) is 4.79 Å². The number of hydrogen-bond donors (Lipinski definition) is 1. The molecule has 0 unspecified atom stereocenters. The molecule has 0 aromatic carbocycles. The number of nitrogens with one attached hydrogen (secondary N) is 1. The van der Waals surface area contributed by atoms with Crippen LogP contribution in [0.2, 0.25) is 12.6 Å². The Labute approximate surface area is 116 Å². The van der Waals surface area contributed by atoms with E-state index in [-0.39, 0.29) is 6.61 Å². The third kappa shape index (κ3) is 7.96. The molecular weight excluding hydrogens is 266 g/mol. The van der Waals surface area contributed by atoms with Crippen LogP contribution in [0.4, 0.5) is 0 Å². The van der Waals surface area contributed by atoms with E-state index in [0.717, 1.165) is 6.04 Å². The molecule has 0 saturated carbocycles. The maximum Gasteiger partial charge on any atom is 0.396 e. The lowest BCUT2D eigenvalue weighted by Gasteiger charge is -2.25. The zero-order valence-corrected chi connectivity index (χ0v) is 13.3. The fourth-order valence-electron chi connectivity index (χ4n) is 1.68. The van der Waals surface area contributed by atoms with Crippen molar-refractivity contribution in [2.45, 2.75) is 39.8 Å². The van der Waals surface area contributed by atoms with E-state index < -0.39 is 20.4 Å². The van der Waals surface area contributed by atoms with E-state index >= 15 is 0 Å². The van der Waals surface area contributed by atoms with E-state index in [0.29, 0.717) is 26.2 Å². The fourth-order valence-corrected chi connectivity index (χ4v) is 4.09. The normalized spacial score (nSPS) is 11.2. The largest absolute Gasteiger partial charge is 0.459 e. The molecule has 0 aliphatic heterocycles. The molecule has 0 aliphatic carbocycles. The fraction of sp³-hybridized carbons (Fsp3) is 0.833. The van der Waals surface area contributed by atoms with Gasteiger partial charge in [0.15, 0.2) is 0 Å². The van der Waals surface area contributed by atoms with E-state index in [2.05, 4.69) is 10.1 Å². The summed E-state index contributed by atoms with van der Waals surface area (Å²) < 4.78 is 15.9. The summed E-state index contributed by atoms with van der Waals surface area (Å²) in [6.45, 7) is 9.40.